The van der Waals surface area contributed by atoms with Crippen molar-refractivity contribution in [3.05, 3.63) is 71.0 Å². The molecule has 1 aliphatic heterocycles. The first-order valence-corrected chi connectivity index (χ1v) is 10.2. The van der Waals surface area contributed by atoms with E-state index in [9.17, 15) is 14.0 Å². The third kappa shape index (κ3) is 3.66. The highest BCUT2D eigenvalue weighted by atomic mass is 19.1. The Balaban J connectivity index is 1.51. The maximum Gasteiger partial charge on any atom is 0.253 e. The SMILES string of the molecule is CN(C)C(=O)C[C@@H]1CC2(CCN(C(=O)c3ccc(F)cc3)CC2)c2ccccc21. The standard InChI is InChI=1S/C24H27FN2O2/c1-26(2)22(28)15-18-16-24(21-6-4-3-5-20(18)21)11-13-27(14-12-24)23(29)17-7-9-19(25)10-8-17/h3-10,18H,11-16H2,1-2H3/t18-/m1/s1. The zero-order chi connectivity index (χ0) is 20.6. The molecule has 0 radical (unpaired) electrons. The van der Waals surface area contributed by atoms with Crippen LogP contribution in [0.3, 0.4) is 0 Å². The summed E-state index contributed by atoms with van der Waals surface area (Å²) in [5, 5.41) is 0. The van der Waals surface area contributed by atoms with Crippen LogP contribution < -0.4 is 0 Å². The zero-order valence-corrected chi connectivity index (χ0v) is 17.0. The van der Waals surface area contributed by atoms with E-state index in [2.05, 4.69) is 24.3 Å². The molecule has 0 bridgehead atoms. The Bertz CT molecular complexity index is 915. The van der Waals surface area contributed by atoms with Crippen molar-refractivity contribution in [3.63, 3.8) is 0 Å². The number of benzene rings is 2. The Kier molecular flexibility index (Phi) is 5.15. The van der Waals surface area contributed by atoms with Crippen molar-refractivity contribution in [1.82, 2.24) is 9.80 Å². The maximum atomic E-state index is 13.2. The number of hydrogen-bond donors (Lipinski definition) is 0. The average molecular weight is 394 g/mol. The van der Waals surface area contributed by atoms with Gasteiger partial charge in [0.1, 0.15) is 5.82 Å². The van der Waals surface area contributed by atoms with Gasteiger partial charge in [-0.15, -0.1) is 0 Å². The predicted octanol–water partition coefficient (Wildman–Crippen LogP) is 3.97. The second-order valence-electron chi connectivity index (χ2n) is 8.56. The van der Waals surface area contributed by atoms with E-state index in [4.69, 9.17) is 0 Å². The smallest absolute Gasteiger partial charge is 0.253 e. The van der Waals surface area contributed by atoms with E-state index < -0.39 is 0 Å². The Morgan fingerprint density at radius 1 is 1.07 bits per heavy atom. The van der Waals surface area contributed by atoms with Crippen LogP contribution in [0.2, 0.25) is 0 Å². The molecule has 1 heterocycles. The van der Waals surface area contributed by atoms with Crippen LogP contribution in [0, 0.1) is 5.82 Å². The number of carbonyl (C=O) groups excluding carboxylic acids is 2. The van der Waals surface area contributed by atoms with Crippen molar-refractivity contribution < 1.29 is 14.0 Å². The maximum absolute atomic E-state index is 13.2. The number of rotatable bonds is 3. The van der Waals surface area contributed by atoms with Crippen LogP contribution in [-0.4, -0.2) is 48.8 Å². The van der Waals surface area contributed by atoms with Crippen LogP contribution in [-0.2, 0) is 10.2 Å². The minimum absolute atomic E-state index is 0.0351. The van der Waals surface area contributed by atoms with Crippen LogP contribution in [0.1, 0.15) is 53.1 Å². The molecular formula is C24H27FN2O2. The molecule has 0 N–H and O–H groups in total. The van der Waals surface area contributed by atoms with Gasteiger partial charge in [0.25, 0.3) is 5.91 Å². The summed E-state index contributed by atoms with van der Waals surface area (Å²) < 4.78 is 13.2. The van der Waals surface area contributed by atoms with Crippen molar-refractivity contribution in [3.8, 4) is 0 Å². The molecule has 2 aliphatic rings. The minimum atomic E-state index is -0.333. The van der Waals surface area contributed by atoms with E-state index in [1.54, 1.807) is 31.1 Å². The summed E-state index contributed by atoms with van der Waals surface area (Å²) in [5.41, 5.74) is 3.21. The van der Waals surface area contributed by atoms with Crippen LogP contribution in [0.4, 0.5) is 4.39 Å². The summed E-state index contributed by atoms with van der Waals surface area (Å²) in [6, 6.07) is 14.3. The number of piperidine rings is 1. The molecule has 2 aromatic rings. The van der Waals surface area contributed by atoms with Gasteiger partial charge < -0.3 is 9.80 Å². The lowest BCUT2D eigenvalue weighted by molar-refractivity contribution is -0.129. The van der Waals surface area contributed by atoms with Gasteiger partial charge in [-0.05, 0) is 66.0 Å². The van der Waals surface area contributed by atoms with Crippen molar-refractivity contribution in [2.24, 2.45) is 0 Å². The number of halogens is 1. The number of carbonyl (C=O) groups is 2. The molecule has 29 heavy (non-hydrogen) atoms. The lowest BCUT2D eigenvalue weighted by Gasteiger charge is -2.40. The van der Waals surface area contributed by atoms with E-state index in [-0.39, 0.29) is 29.0 Å². The minimum Gasteiger partial charge on any atom is -0.349 e. The van der Waals surface area contributed by atoms with Gasteiger partial charge in [0, 0.05) is 39.2 Å². The number of amides is 2. The van der Waals surface area contributed by atoms with Gasteiger partial charge in [0.2, 0.25) is 5.91 Å². The van der Waals surface area contributed by atoms with Gasteiger partial charge in [0.05, 0.1) is 0 Å². The number of likely N-dealkylation sites (tertiary alicyclic amines) is 1. The zero-order valence-electron chi connectivity index (χ0n) is 17.0. The van der Waals surface area contributed by atoms with Gasteiger partial charge in [-0.25, -0.2) is 4.39 Å². The first-order chi connectivity index (χ1) is 13.9. The Labute approximate surface area is 171 Å². The van der Waals surface area contributed by atoms with Crippen LogP contribution >= 0.6 is 0 Å². The number of nitrogens with zero attached hydrogens (tertiary/aromatic N) is 2. The molecule has 1 atom stereocenters. The molecule has 0 saturated carbocycles. The largest absolute Gasteiger partial charge is 0.349 e. The Hall–Kier alpha value is -2.69. The van der Waals surface area contributed by atoms with Gasteiger partial charge in [-0.1, -0.05) is 24.3 Å². The highest BCUT2D eigenvalue weighted by Crippen LogP contribution is 2.52. The fourth-order valence-corrected chi connectivity index (χ4v) is 4.99. The van der Waals surface area contributed by atoms with Crippen LogP contribution in [0.15, 0.2) is 48.5 Å². The summed E-state index contributed by atoms with van der Waals surface area (Å²) in [6.45, 7) is 1.36. The van der Waals surface area contributed by atoms with Crippen molar-refractivity contribution in [1.29, 1.82) is 0 Å². The summed E-state index contributed by atoms with van der Waals surface area (Å²) in [5.74, 6) is 0.0247. The van der Waals surface area contributed by atoms with Crippen molar-refractivity contribution >= 4 is 11.8 Å². The topological polar surface area (TPSA) is 40.6 Å². The molecule has 1 spiro atoms. The average Bonchev–Trinajstić information content (AvgIpc) is 3.02. The molecule has 5 heteroatoms. The molecule has 2 aromatic carbocycles. The second kappa shape index (κ2) is 7.62. The molecule has 1 aliphatic carbocycles. The van der Waals surface area contributed by atoms with Crippen molar-refractivity contribution in [2.75, 3.05) is 27.2 Å². The van der Waals surface area contributed by atoms with E-state index in [1.807, 2.05) is 4.90 Å². The van der Waals surface area contributed by atoms with E-state index >= 15 is 0 Å². The van der Waals surface area contributed by atoms with Crippen LogP contribution in [0.25, 0.3) is 0 Å². The highest BCUT2D eigenvalue weighted by Gasteiger charge is 2.46. The third-order valence-corrected chi connectivity index (χ3v) is 6.63. The summed E-state index contributed by atoms with van der Waals surface area (Å²) in [4.78, 5) is 28.7. The third-order valence-electron chi connectivity index (χ3n) is 6.63. The molecule has 0 aromatic heterocycles. The lowest BCUT2D eigenvalue weighted by Crippen LogP contribution is -2.44. The van der Waals surface area contributed by atoms with Gasteiger partial charge in [0.15, 0.2) is 0 Å². The Morgan fingerprint density at radius 2 is 1.72 bits per heavy atom. The Morgan fingerprint density at radius 3 is 2.38 bits per heavy atom. The number of fused-ring (bicyclic) bond motifs is 2. The van der Waals surface area contributed by atoms with E-state index in [1.165, 1.54) is 23.3 Å². The monoisotopic (exact) mass is 394 g/mol. The van der Waals surface area contributed by atoms with Gasteiger partial charge >= 0.3 is 0 Å². The quantitative estimate of drug-likeness (QED) is 0.791. The summed E-state index contributed by atoms with van der Waals surface area (Å²) in [7, 11) is 3.61. The van der Waals surface area contributed by atoms with Crippen LogP contribution in [0.5, 0.6) is 0 Å². The molecule has 2 amide bonds. The molecule has 0 unspecified atom stereocenters. The number of hydrogen-bond acceptors (Lipinski definition) is 2. The van der Waals surface area contributed by atoms with E-state index in [0.29, 0.717) is 25.1 Å². The second-order valence-corrected chi connectivity index (χ2v) is 8.56. The fraction of sp³-hybridized carbons (Fsp3) is 0.417. The molecule has 1 fully saturated rings. The fourth-order valence-electron chi connectivity index (χ4n) is 4.99. The van der Waals surface area contributed by atoms with Gasteiger partial charge in [-0.2, -0.15) is 0 Å². The van der Waals surface area contributed by atoms with Gasteiger partial charge in [-0.3, -0.25) is 9.59 Å². The molecule has 4 rings (SSSR count). The predicted molar refractivity (Wildman–Crippen MR) is 110 cm³/mol. The van der Waals surface area contributed by atoms with Crippen molar-refractivity contribution in [2.45, 2.75) is 37.0 Å². The highest BCUT2D eigenvalue weighted by molar-refractivity contribution is 5.94. The molecule has 152 valence electrons. The molecule has 4 nitrogen and oxygen atoms in total. The normalized spacial score (nSPS) is 19.8. The lowest BCUT2D eigenvalue weighted by atomic mass is 9.73. The summed E-state index contributed by atoms with van der Waals surface area (Å²) >= 11 is 0. The first-order valence-electron chi connectivity index (χ1n) is 10.2. The summed E-state index contributed by atoms with van der Waals surface area (Å²) in [6.07, 6.45) is 3.28. The molecular weight excluding hydrogens is 367 g/mol. The first kappa shape index (κ1) is 19.6. The van der Waals surface area contributed by atoms with E-state index in [0.717, 1.165) is 19.3 Å². The molecule has 1 saturated heterocycles.